The topological polar surface area (TPSA) is 55.3 Å². The second kappa shape index (κ2) is 8.21. The van der Waals surface area contributed by atoms with Crippen LogP contribution in [0.3, 0.4) is 0 Å². The highest BCUT2D eigenvalue weighted by Gasteiger charge is 2.29. The third-order valence-corrected chi connectivity index (χ3v) is 5.18. The van der Waals surface area contributed by atoms with Crippen molar-refractivity contribution in [3.63, 3.8) is 0 Å². The number of likely N-dealkylation sites (tertiary alicyclic amines) is 1. The van der Waals surface area contributed by atoms with Gasteiger partial charge < -0.3 is 9.64 Å². The number of rotatable bonds is 4. The largest absolute Gasteiger partial charge is 0.481 e. The molecule has 0 radical (unpaired) electrons. The van der Waals surface area contributed by atoms with Gasteiger partial charge in [0.1, 0.15) is 0 Å². The van der Waals surface area contributed by atoms with E-state index in [0.29, 0.717) is 11.4 Å². The quantitative estimate of drug-likeness (QED) is 0.675. The summed E-state index contributed by atoms with van der Waals surface area (Å²) < 4.78 is 5.12. The number of piperidine rings is 1. The molecule has 0 aliphatic carbocycles. The summed E-state index contributed by atoms with van der Waals surface area (Å²) in [5.41, 5.74) is 3.57. The van der Waals surface area contributed by atoms with E-state index < -0.39 is 0 Å². The standard InChI is InChI=1S/C23H23N3O2/c1-28-22-12-11-19(16-25-22)17-7-6-8-18(15-17)23(27)26-14-5-3-10-21(26)20-9-2-4-13-24-20/h2,4,6-9,11-13,15-16,21H,3,5,10,14H2,1H3/t21-/m1/s1. The molecule has 1 fully saturated rings. The number of amides is 1. The molecule has 1 saturated heterocycles. The second-order valence-electron chi connectivity index (χ2n) is 6.93. The highest BCUT2D eigenvalue weighted by atomic mass is 16.5. The Balaban J connectivity index is 1.61. The number of hydrogen-bond acceptors (Lipinski definition) is 4. The number of carbonyl (C=O) groups is 1. The molecule has 3 heterocycles. The lowest BCUT2D eigenvalue weighted by Crippen LogP contribution is -2.38. The van der Waals surface area contributed by atoms with Gasteiger partial charge in [0, 0.05) is 36.1 Å². The van der Waals surface area contributed by atoms with Crippen molar-refractivity contribution < 1.29 is 9.53 Å². The van der Waals surface area contributed by atoms with E-state index in [1.54, 1.807) is 19.5 Å². The van der Waals surface area contributed by atoms with Gasteiger partial charge in [0.2, 0.25) is 5.88 Å². The van der Waals surface area contributed by atoms with Gasteiger partial charge >= 0.3 is 0 Å². The molecule has 1 aromatic carbocycles. The highest BCUT2D eigenvalue weighted by Crippen LogP contribution is 2.31. The van der Waals surface area contributed by atoms with Gasteiger partial charge in [0.15, 0.2) is 0 Å². The van der Waals surface area contributed by atoms with Crippen molar-refractivity contribution in [3.05, 3.63) is 78.2 Å². The summed E-state index contributed by atoms with van der Waals surface area (Å²) in [5.74, 6) is 0.626. The molecule has 2 aromatic heterocycles. The first-order valence-corrected chi connectivity index (χ1v) is 9.58. The van der Waals surface area contributed by atoms with Crippen LogP contribution in [0.25, 0.3) is 11.1 Å². The van der Waals surface area contributed by atoms with Gasteiger partial charge in [0.25, 0.3) is 5.91 Å². The maximum Gasteiger partial charge on any atom is 0.254 e. The van der Waals surface area contributed by atoms with E-state index in [-0.39, 0.29) is 11.9 Å². The zero-order valence-electron chi connectivity index (χ0n) is 15.9. The maximum absolute atomic E-state index is 13.3. The molecule has 5 nitrogen and oxygen atoms in total. The SMILES string of the molecule is COc1ccc(-c2cccc(C(=O)N3CCCC[C@@H]3c3ccccn3)c2)cn1. The van der Waals surface area contributed by atoms with Crippen molar-refractivity contribution >= 4 is 5.91 Å². The summed E-state index contributed by atoms with van der Waals surface area (Å²) in [4.78, 5) is 24.1. The summed E-state index contributed by atoms with van der Waals surface area (Å²) in [6.07, 6.45) is 6.65. The predicted molar refractivity (Wildman–Crippen MR) is 108 cm³/mol. The molecule has 28 heavy (non-hydrogen) atoms. The highest BCUT2D eigenvalue weighted by molar-refractivity contribution is 5.95. The molecule has 1 atom stereocenters. The van der Waals surface area contributed by atoms with Crippen LogP contribution in [0.5, 0.6) is 5.88 Å². The van der Waals surface area contributed by atoms with Crippen LogP contribution in [-0.4, -0.2) is 34.4 Å². The Bertz CT molecular complexity index is 942. The Morgan fingerprint density at radius 2 is 1.96 bits per heavy atom. The number of nitrogens with zero attached hydrogens (tertiary/aromatic N) is 3. The molecule has 5 heteroatoms. The van der Waals surface area contributed by atoms with E-state index in [4.69, 9.17) is 4.74 Å². The number of pyridine rings is 2. The predicted octanol–water partition coefficient (Wildman–Crippen LogP) is 4.52. The number of aromatic nitrogens is 2. The molecule has 0 saturated carbocycles. The minimum absolute atomic E-state index is 0.0359. The molecule has 0 N–H and O–H groups in total. The normalized spacial score (nSPS) is 16.6. The number of methoxy groups -OCH3 is 1. The molecule has 142 valence electrons. The van der Waals surface area contributed by atoms with Crippen LogP contribution >= 0.6 is 0 Å². The molecule has 1 aliphatic rings. The molecule has 1 aliphatic heterocycles. The zero-order valence-corrected chi connectivity index (χ0v) is 15.9. The summed E-state index contributed by atoms with van der Waals surface area (Å²) in [7, 11) is 1.60. The summed E-state index contributed by atoms with van der Waals surface area (Å²) in [5, 5.41) is 0. The Morgan fingerprint density at radius 1 is 1.04 bits per heavy atom. The van der Waals surface area contributed by atoms with Crippen LogP contribution in [0, 0.1) is 0 Å². The van der Waals surface area contributed by atoms with Gasteiger partial charge in [-0.25, -0.2) is 4.98 Å². The second-order valence-corrected chi connectivity index (χ2v) is 6.93. The summed E-state index contributed by atoms with van der Waals surface area (Å²) >= 11 is 0. The van der Waals surface area contributed by atoms with Crippen molar-refractivity contribution in [2.24, 2.45) is 0 Å². The molecule has 3 aromatic rings. The van der Waals surface area contributed by atoms with Gasteiger partial charge in [-0.05, 0) is 55.2 Å². The first-order chi connectivity index (χ1) is 13.8. The Labute approximate surface area is 165 Å². The fourth-order valence-electron chi connectivity index (χ4n) is 3.72. The number of benzene rings is 1. The average Bonchev–Trinajstić information content (AvgIpc) is 2.79. The van der Waals surface area contributed by atoms with E-state index in [9.17, 15) is 4.79 Å². The summed E-state index contributed by atoms with van der Waals surface area (Å²) in [6, 6.07) is 17.5. The van der Waals surface area contributed by atoms with Crippen LogP contribution in [0.15, 0.2) is 67.0 Å². The molecule has 0 bridgehead atoms. The smallest absolute Gasteiger partial charge is 0.254 e. The summed E-state index contributed by atoms with van der Waals surface area (Å²) in [6.45, 7) is 0.758. The molecule has 0 unspecified atom stereocenters. The minimum atomic E-state index is 0.0359. The van der Waals surface area contributed by atoms with E-state index >= 15 is 0 Å². The van der Waals surface area contributed by atoms with Crippen molar-refractivity contribution in [1.82, 2.24) is 14.9 Å². The molecular formula is C23H23N3O2. The van der Waals surface area contributed by atoms with Gasteiger partial charge in [-0.2, -0.15) is 0 Å². The number of hydrogen-bond donors (Lipinski definition) is 0. The van der Waals surface area contributed by atoms with Crippen LogP contribution in [0.1, 0.15) is 41.4 Å². The van der Waals surface area contributed by atoms with Crippen molar-refractivity contribution in [1.29, 1.82) is 0 Å². The minimum Gasteiger partial charge on any atom is -0.481 e. The van der Waals surface area contributed by atoms with Crippen molar-refractivity contribution in [2.75, 3.05) is 13.7 Å². The lowest BCUT2D eigenvalue weighted by Gasteiger charge is -2.35. The van der Waals surface area contributed by atoms with E-state index in [0.717, 1.165) is 42.6 Å². The van der Waals surface area contributed by atoms with E-state index in [1.165, 1.54) is 0 Å². The zero-order chi connectivity index (χ0) is 19.3. The Morgan fingerprint density at radius 3 is 2.71 bits per heavy atom. The van der Waals surface area contributed by atoms with Gasteiger partial charge in [0.05, 0.1) is 18.8 Å². The van der Waals surface area contributed by atoms with Gasteiger partial charge in [-0.1, -0.05) is 18.2 Å². The van der Waals surface area contributed by atoms with Gasteiger partial charge in [-0.15, -0.1) is 0 Å². The van der Waals surface area contributed by atoms with Crippen LogP contribution in [0.4, 0.5) is 0 Å². The first-order valence-electron chi connectivity index (χ1n) is 9.58. The monoisotopic (exact) mass is 373 g/mol. The lowest BCUT2D eigenvalue weighted by atomic mass is 9.97. The molecule has 0 spiro atoms. The van der Waals surface area contributed by atoms with Crippen LogP contribution in [-0.2, 0) is 0 Å². The van der Waals surface area contributed by atoms with Crippen molar-refractivity contribution in [2.45, 2.75) is 25.3 Å². The average molecular weight is 373 g/mol. The fraction of sp³-hybridized carbons (Fsp3) is 0.261. The molecule has 1 amide bonds. The molecule has 4 rings (SSSR count). The van der Waals surface area contributed by atoms with Crippen LogP contribution in [0.2, 0.25) is 0 Å². The Hall–Kier alpha value is -3.21. The number of ether oxygens (including phenoxy) is 1. The van der Waals surface area contributed by atoms with Crippen molar-refractivity contribution in [3.8, 4) is 17.0 Å². The maximum atomic E-state index is 13.3. The Kier molecular flexibility index (Phi) is 5.33. The fourth-order valence-corrected chi connectivity index (χ4v) is 3.72. The van der Waals surface area contributed by atoms with Gasteiger partial charge in [-0.3, -0.25) is 9.78 Å². The van der Waals surface area contributed by atoms with Crippen LogP contribution < -0.4 is 4.74 Å². The van der Waals surface area contributed by atoms with E-state index in [2.05, 4.69) is 9.97 Å². The molecular weight excluding hydrogens is 350 g/mol. The number of carbonyl (C=O) groups excluding carboxylic acids is 1. The lowest BCUT2D eigenvalue weighted by molar-refractivity contribution is 0.0606. The van der Waals surface area contributed by atoms with E-state index in [1.807, 2.05) is 59.5 Å². The third-order valence-electron chi connectivity index (χ3n) is 5.18. The third kappa shape index (κ3) is 3.74. The first kappa shape index (κ1) is 18.2.